The number of aryl methyl sites for hydroxylation is 1. The van der Waals surface area contributed by atoms with Crippen molar-refractivity contribution < 1.29 is 4.79 Å². The molecule has 25 heavy (non-hydrogen) atoms. The average Bonchev–Trinajstić information content (AvgIpc) is 3.14. The summed E-state index contributed by atoms with van der Waals surface area (Å²) < 4.78 is 3.06. The maximum Gasteiger partial charge on any atom is 0.260 e. The van der Waals surface area contributed by atoms with Gasteiger partial charge < -0.3 is 5.32 Å². The normalized spacial score (nSPS) is 16.2. The third-order valence-corrected chi connectivity index (χ3v) is 6.63. The van der Waals surface area contributed by atoms with Gasteiger partial charge in [0, 0.05) is 22.5 Å². The predicted octanol–water partition coefficient (Wildman–Crippen LogP) is 3.21. The van der Waals surface area contributed by atoms with Crippen molar-refractivity contribution in [1.82, 2.24) is 14.9 Å². The Morgan fingerprint density at radius 2 is 2.12 bits per heavy atom. The molecular weight excluding hydrogens is 374 g/mol. The molecule has 0 unspecified atom stereocenters. The zero-order valence-corrected chi connectivity index (χ0v) is 15.8. The van der Waals surface area contributed by atoms with Gasteiger partial charge in [0.15, 0.2) is 0 Å². The van der Waals surface area contributed by atoms with Gasteiger partial charge in [0.05, 0.1) is 15.3 Å². The van der Waals surface area contributed by atoms with E-state index in [1.165, 1.54) is 27.7 Å². The quantitative estimate of drug-likeness (QED) is 0.540. The molecule has 126 valence electrons. The van der Waals surface area contributed by atoms with E-state index in [-0.39, 0.29) is 11.5 Å². The molecule has 0 saturated carbocycles. The molecule has 0 bridgehead atoms. The number of rotatable bonds is 2. The monoisotopic (exact) mass is 387 g/mol. The van der Waals surface area contributed by atoms with E-state index in [9.17, 15) is 9.59 Å². The molecular formula is C17H13N3O2S3. The first-order valence-electron chi connectivity index (χ1n) is 7.53. The standard InChI is InChI=1S/C17H13N3O2S3/c1-8-18-15-12(16(22)20(8)2)13(17(23)25-15)19-14(21)10-7-24-11-6-4-3-5-9(10)11/h3-7,13H,1-2H3,(H,19,21)/t13-/m1/s1. The van der Waals surface area contributed by atoms with Crippen molar-refractivity contribution in [2.75, 3.05) is 0 Å². The third kappa shape index (κ3) is 2.61. The fraction of sp³-hybridized carbons (Fsp3) is 0.176. The van der Waals surface area contributed by atoms with Crippen LogP contribution in [-0.2, 0) is 7.05 Å². The predicted molar refractivity (Wildman–Crippen MR) is 105 cm³/mol. The summed E-state index contributed by atoms with van der Waals surface area (Å²) >= 11 is 8.19. The van der Waals surface area contributed by atoms with E-state index in [4.69, 9.17) is 12.2 Å². The Morgan fingerprint density at radius 3 is 2.92 bits per heavy atom. The molecule has 1 N–H and O–H groups in total. The molecule has 2 aromatic heterocycles. The van der Waals surface area contributed by atoms with Crippen LogP contribution in [0.2, 0.25) is 0 Å². The average molecular weight is 388 g/mol. The molecule has 1 amide bonds. The van der Waals surface area contributed by atoms with Gasteiger partial charge in [0.1, 0.15) is 16.9 Å². The molecule has 3 heterocycles. The highest BCUT2D eigenvalue weighted by molar-refractivity contribution is 8.23. The Morgan fingerprint density at radius 1 is 1.36 bits per heavy atom. The van der Waals surface area contributed by atoms with Crippen LogP contribution in [0.3, 0.4) is 0 Å². The molecule has 1 aliphatic heterocycles. The number of carbonyl (C=O) groups excluding carboxylic acids is 1. The number of thiophene rings is 1. The lowest BCUT2D eigenvalue weighted by molar-refractivity contribution is 0.0949. The van der Waals surface area contributed by atoms with Crippen LogP contribution in [0.25, 0.3) is 10.1 Å². The smallest absolute Gasteiger partial charge is 0.260 e. The first kappa shape index (κ1) is 16.4. The summed E-state index contributed by atoms with van der Waals surface area (Å²) in [5.41, 5.74) is 0.880. The van der Waals surface area contributed by atoms with E-state index in [2.05, 4.69) is 10.3 Å². The van der Waals surface area contributed by atoms with Crippen LogP contribution in [0, 0.1) is 6.92 Å². The van der Waals surface area contributed by atoms with Gasteiger partial charge in [-0.3, -0.25) is 14.2 Å². The molecule has 4 rings (SSSR count). The minimum absolute atomic E-state index is 0.171. The molecule has 0 fully saturated rings. The van der Waals surface area contributed by atoms with Gasteiger partial charge in [0.2, 0.25) is 0 Å². The molecule has 1 aliphatic rings. The van der Waals surface area contributed by atoms with E-state index < -0.39 is 6.04 Å². The highest BCUT2D eigenvalue weighted by Gasteiger charge is 2.35. The Hall–Kier alpha value is -2.03. The summed E-state index contributed by atoms with van der Waals surface area (Å²) in [5, 5.41) is 6.24. The molecule has 1 aromatic carbocycles. The number of fused-ring (bicyclic) bond motifs is 2. The zero-order valence-electron chi connectivity index (χ0n) is 13.4. The summed E-state index contributed by atoms with van der Waals surface area (Å²) in [6, 6.07) is 7.13. The molecule has 0 spiro atoms. The first-order chi connectivity index (χ1) is 12.0. The van der Waals surface area contributed by atoms with Crippen LogP contribution in [0.5, 0.6) is 0 Å². The summed E-state index contributed by atoms with van der Waals surface area (Å²) in [6.07, 6.45) is 0. The fourth-order valence-electron chi connectivity index (χ4n) is 2.79. The fourth-order valence-corrected chi connectivity index (χ4v) is 5.12. The number of benzene rings is 1. The Labute approximate surface area is 157 Å². The van der Waals surface area contributed by atoms with Crippen LogP contribution in [0.15, 0.2) is 39.5 Å². The van der Waals surface area contributed by atoms with Gasteiger partial charge in [-0.2, -0.15) is 0 Å². The lowest BCUT2D eigenvalue weighted by Crippen LogP contribution is -2.35. The number of hydrogen-bond acceptors (Lipinski definition) is 6. The number of thioether (sulfide) groups is 1. The van der Waals surface area contributed by atoms with Crippen LogP contribution in [-0.4, -0.2) is 19.7 Å². The highest BCUT2D eigenvalue weighted by atomic mass is 32.2. The first-order valence-corrected chi connectivity index (χ1v) is 9.64. The summed E-state index contributed by atoms with van der Waals surface area (Å²) in [4.78, 5) is 29.8. The van der Waals surface area contributed by atoms with Crippen molar-refractivity contribution in [3.8, 4) is 0 Å². The molecule has 8 heteroatoms. The molecule has 1 atom stereocenters. The van der Waals surface area contributed by atoms with Crippen molar-refractivity contribution in [2.45, 2.75) is 18.0 Å². The van der Waals surface area contributed by atoms with Gasteiger partial charge in [-0.1, -0.05) is 42.2 Å². The van der Waals surface area contributed by atoms with Crippen LogP contribution in [0.4, 0.5) is 0 Å². The van der Waals surface area contributed by atoms with E-state index in [1.54, 1.807) is 14.0 Å². The Balaban J connectivity index is 1.73. The maximum atomic E-state index is 12.8. The van der Waals surface area contributed by atoms with Crippen LogP contribution in [0.1, 0.15) is 27.8 Å². The molecule has 5 nitrogen and oxygen atoms in total. The van der Waals surface area contributed by atoms with Gasteiger partial charge in [-0.25, -0.2) is 4.98 Å². The van der Waals surface area contributed by atoms with E-state index in [1.807, 2.05) is 29.6 Å². The number of carbonyl (C=O) groups is 1. The van der Waals surface area contributed by atoms with E-state index >= 15 is 0 Å². The molecule has 3 aromatic rings. The van der Waals surface area contributed by atoms with Crippen molar-refractivity contribution in [3.63, 3.8) is 0 Å². The van der Waals surface area contributed by atoms with E-state index in [0.717, 1.165) is 10.1 Å². The van der Waals surface area contributed by atoms with Gasteiger partial charge in [-0.05, 0) is 13.0 Å². The molecule has 0 saturated heterocycles. The number of aromatic nitrogens is 2. The Bertz CT molecular complexity index is 1100. The summed E-state index contributed by atoms with van der Waals surface area (Å²) in [6.45, 7) is 1.77. The molecule has 0 aliphatic carbocycles. The molecule has 0 radical (unpaired) electrons. The largest absolute Gasteiger partial charge is 0.339 e. The topological polar surface area (TPSA) is 64.0 Å². The van der Waals surface area contributed by atoms with Crippen molar-refractivity contribution in [1.29, 1.82) is 0 Å². The van der Waals surface area contributed by atoms with Crippen molar-refractivity contribution in [2.24, 2.45) is 7.05 Å². The second-order valence-corrected chi connectivity index (χ2v) is 8.36. The number of thiocarbonyl (C=S) groups is 1. The Kier molecular flexibility index (Phi) is 3.98. The maximum absolute atomic E-state index is 12.8. The summed E-state index contributed by atoms with van der Waals surface area (Å²) in [7, 11) is 1.67. The van der Waals surface area contributed by atoms with E-state index in [0.29, 0.717) is 26.2 Å². The van der Waals surface area contributed by atoms with Crippen molar-refractivity contribution >= 4 is 55.5 Å². The van der Waals surface area contributed by atoms with Crippen molar-refractivity contribution in [3.05, 3.63) is 57.0 Å². The summed E-state index contributed by atoms with van der Waals surface area (Å²) in [5.74, 6) is 0.385. The number of hydrogen-bond donors (Lipinski definition) is 1. The SMILES string of the molecule is Cc1nc2c(c(=O)n1C)[C@@H](NC(=O)c1csc3ccccc13)C(=S)S2. The minimum atomic E-state index is -0.604. The van der Waals surface area contributed by atoms with Gasteiger partial charge in [-0.15, -0.1) is 11.3 Å². The third-order valence-electron chi connectivity index (χ3n) is 4.24. The van der Waals surface area contributed by atoms with Gasteiger partial charge in [0.25, 0.3) is 11.5 Å². The van der Waals surface area contributed by atoms with Gasteiger partial charge >= 0.3 is 0 Å². The minimum Gasteiger partial charge on any atom is -0.339 e. The van der Waals surface area contributed by atoms with Crippen LogP contribution >= 0.6 is 35.3 Å². The zero-order chi connectivity index (χ0) is 17.7. The number of amides is 1. The second-order valence-electron chi connectivity index (χ2n) is 5.72. The second kappa shape index (κ2) is 6.05. The number of nitrogens with one attached hydrogen (secondary N) is 1. The van der Waals surface area contributed by atoms with Crippen LogP contribution < -0.4 is 10.9 Å². The highest BCUT2D eigenvalue weighted by Crippen LogP contribution is 2.37. The lowest BCUT2D eigenvalue weighted by atomic mass is 10.1. The number of nitrogens with zero attached hydrogens (tertiary/aromatic N) is 2. The lowest BCUT2D eigenvalue weighted by Gasteiger charge is -2.14.